The number of halogens is 1. The summed E-state index contributed by atoms with van der Waals surface area (Å²) >= 11 is 7.67. The van der Waals surface area contributed by atoms with Crippen LogP contribution in [0.15, 0.2) is 42.5 Å². The molecule has 0 bridgehead atoms. The molecule has 0 aliphatic rings. The minimum atomic E-state index is -0.208. The van der Waals surface area contributed by atoms with Crippen molar-refractivity contribution in [1.82, 2.24) is 14.6 Å². The Bertz CT molecular complexity index is 1360. The van der Waals surface area contributed by atoms with Gasteiger partial charge in [-0.25, -0.2) is 4.98 Å². The average molecular weight is 513 g/mol. The van der Waals surface area contributed by atoms with Crippen LogP contribution in [0.5, 0.6) is 5.75 Å². The number of amides is 1. The van der Waals surface area contributed by atoms with E-state index in [0.29, 0.717) is 15.8 Å². The first-order valence-corrected chi connectivity index (χ1v) is 12.3. The molecule has 1 amide bonds. The van der Waals surface area contributed by atoms with Gasteiger partial charge in [-0.15, -0.1) is 5.10 Å². The van der Waals surface area contributed by atoms with Crippen LogP contribution in [0.4, 0.5) is 16.6 Å². The molecule has 0 saturated heterocycles. The molecule has 10 heteroatoms. The normalized spacial score (nSPS) is 11.5. The Balaban J connectivity index is 1.59. The second-order valence-electron chi connectivity index (χ2n) is 9.38. The molecule has 2 N–H and O–H groups in total. The molecule has 0 saturated carbocycles. The van der Waals surface area contributed by atoms with Crippen molar-refractivity contribution in [2.45, 2.75) is 33.2 Å². The third kappa shape index (κ3) is 5.68. The van der Waals surface area contributed by atoms with Crippen LogP contribution >= 0.6 is 22.9 Å². The van der Waals surface area contributed by atoms with Gasteiger partial charge < -0.3 is 20.3 Å². The van der Waals surface area contributed by atoms with E-state index >= 15 is 0 Å². The molecule has 0 radical (unpaired) electrons. The van der Waals surface area contributed by atoms with Crippen molar-refractivity contribution in [1.29, 1.82) is 0 Å². The van der Waals surface area contributed by atoms with E-state index in [9.17, 15) is 4.79 Å². The summed E-state index contributed by atoms with van der Waals surface area (Å²) < 4.78 is 7.09. The summed E-state index contributed by atoms with van der Waals surface area (Å²) in [5.74, 6) is 1.40. The first-order chi connectivity index (χ1) is 16.5. The van der Waals surface area contributed by atoms with Crippen molar-refractivity contribution in [3.63, 3.8) is 0 Å². The number of likely N-dealkylation sites (N-methyl/N-ethyl adjacent to an activating group) is 1. The molecule has 0 spiro atoms. The molecule has 2 aromatic carbocycles. The highest BCUT2D eigenvalue weighted by atomic mass is 35.5. The third-order valence-electron chi connectivity index (χ3n) is 5.16. The molecule has 2 heterocycles. The van der Waals surface area contributed by atoms with Crippen LogP contribution in [-0.4, -0.2) is 46.7 Å². The highest BCUT2D eigenvalue weighted by molar-refractivity contribution is 7.20. The Hall–Kier alpha value is -3.30. The number of hydrogen-bond donors (Lipinski definition) is 2. The van der Waals surface area contributed by atoms with E-state index in [-0.39, 0.29) is 18.0 Å². The third-order valence-corrected chi connectivity index (χ3v) is 6.49. The maximum absolute atomic E-state index is 12.7. The van der Waals surface area contributed by atoms with Crippen molar-refractivity contribution in [2.75, 3.05) is 36.2 Å². The molecule has 0 unspecified atom stereocenters. The van der Waals surface area contributed by atoms with Gasteiger partial charge in [-0.05, 0) is 69.7 Å². The van der Waals surface area contributed by atoms with E-state index in [4.69, 9.17) is 26.4 Å². The summed E-state index contributed by atoms with van der Waals surface area (Å²) in [4.78, 5) is 20.0. The second kappa shape index (κ2) is 9.75. The van der Waals surface area contributed by atoms with Crippen LogP contribution in [0, 0.1) is 6.92 Å². The lowest BCUT2D eigenvalue weighted by molar-refractivity contribution is -0.114. The van der Waals surface area contributed by atoms with E-state index in [1.165, 1.54) is 11.3 Å². The summed E-state index contributed by atoms with van der Waals surface area (Å²) in [6, 6.07) is 13.3. The smallest absolute Gasteiger partial charge is 0.244 e. The number of anilines is 3. The zero-order valence-corrected chi connectivity index (χ0v) is 22.2. The Morgan fingerprint density at radius 3 is 2.54 bits per heavy atom. The molecule has 0 atom stereocenters. The van der Waals surface area contributed by atoms with Crippen molar-refractivity contribution < 1.29 is 9.53 Å². The summed E-state index contributed by atoms with van der Waals surface area (Å²) in [5, 5.41) is 12.4. The first kappa shape index (κ1) is 24.8. The zero-order valence-electron chi connectivity index (χ0n) is 20.6. The lowest BCUT2D eigenvalue weighted by atomic mass is 10.1. The number of rotatable bonds is 7. The largest absolute Gasteiger partial charge is 0.497 e. The Morgan fingerprint density at radius 2 is 1.91 bits per heavy atom. The number of aromatic nitrogens is 3. The van der Waals surface area contributed by atoms with Gasteiger partial charge in [0.1, 0.15) is 11.4 Å². The van der Waals surface area contributed by atoms with Gasteiger partial charge in [-0.1, -0.05) is 29.0 Å². The average Bonchev–Trinajstić information content (AvgIpc) is 3.34. The zero-order chi connectivity index (χ0) is 25.3. The van der Waals surface area contributed by atoms with E-state index in [2.05, 4.69) is 31.4 Å². The van der Waals surface area contributed by atoms with E-state index in [0.717, 1.165) is 33.3 Å². The van der Waals surface area contributed by atoms with Crippen LogP contribution in [0.2, 0.25) is 5.02 Å². The standard InChI is InChI=1S/C25H29ClN6O2S/c1-15-7-12-19(18(26)13-15)27-20(33)14-31(5)24-30-32-22(29-25(2,3)4)21(28-23(32)35-24)16-8-10-17(34-6)11-9-16/h7-13,29H,14H2,1-6H3,(H,27,33). The summed E-state index contributed by atoms with van der Waals surface area (Å²) in [6.07, 6.45) is 0. The van der Waals surface area contributed by atoms with E-state index in [1.807, 2.05) is 50.4 Å². The molecule has 2 aromatic heterocycles. The number of carbonyl (C=O) groups excluding carboxylic acids is 1. The molecule has 0 aliphatic heterocycles. The Morgan fingerprint density at radius 1 is 1.20 bits per heavy atom. The van der Waals surface area contributed by atoms with Gasteiger partial charge in [0, 0.05) is 18.2 Å². The van der Waals surface area contributed by atoms with Gasteiger partial charge in [-0.2, -0.15) is 4.52 Å². The van der Waals surface area contributed by atoms with Crippen LogP contribution in [0.1, 0.15) is 26.3 Å². The van der Waals surface area contributed by atoms with Crippen molar-refractivity contribution >= 4 is 50.4 Å². The molecule has 8 nitrogen and oxygen atoms in total. The summed E-state index contributed by atoms with van der Waals surface area (Å²) in [6.45, 7) is 8.33. The lowest BCUT2D eigenvalue weighted by Crippen LogP contribution is -2.30. The number of ether oxygens (including phenoxy) is 1. The molecule has 4 aromatic rings. The molecular weight excluding hydrogens is 484 g/mol. The van der Waals surface area contributed by atoms with Crippen LogP contribution in [0.25, 0.3) is 16.2 Å². The summed E-state index contributed by atoms with van der Waals surface area (Å²) in [5.41, 5.74) is 3.18. The van der Waals surface area contributed by atoms with E-state index < -0.39 is 0 Å². The van der Waals surface area contributed by atoms with Crippen molar-refractivity contribution in [3.8, 4) is 17.0 Å². The number of benzene rings is 2. The number of aryl methyl sites for hydroxylation is 1. The predicted octanol–water partition coefficient (Wildman–Crippen LogP) is 5.71. The topological polar surface area (TPSA) is 83.8 Å². The van der Waals surface area contributed by atoms with Gasteiger partial charge in [0.05, 0.1) is 24.4 Å². The molecular formula is C25H29ClN6O2S. The SMILES string of the molecule is COc1ccc(-c2nc3sc(N(C)CC(=O)Nc4ccc(C)cc4Cl)nn3c2NC(C)(C)C)cc1. The van der Waals surface area contributed by atoms with Crippen molar-refractivity contribution in [3.05, 3.63) is 53.1 Å². The predicted molar refractivity (Wildman–Crippen MR) is 144 cm³/mol. The fourth-order valence-corrected chi connectivity index (χ4v) is 4.65. The molecule has 184 valence electrons. The number of fused-ring (bicyclic) bond motifs is 1. The number of carbonyl (C=O) groups is 1. The molecule has 35 heavy (non-hydrogen) atoms. The van der Waals surface area contributed by atoms with Gasteiger partial charge in [0.15, 0.2) is 5.82 Å². The van der Waals surface area contributed by atoms with Gasteiger partial charge in [0.2, 0.25) is 16.0 Å². The minimum absolute atomic E-state index is 0.119. The highest BCUT2D eigenvalue weighted by Crippen LogP contribution is 2.35. The van der Waals surface area contributed by atoms with Crippen LogP contribution in [0.3, 0.4) is 0 Å². The maximum atomic E-state index is 12.7. The first-order valence-electron chi connectivity index (χ1n) is 11.1. The number of nitrogens with one attached hydrogen (secondary N) is 2. The molecule has 0 aliphatic carbocycles. The second-order valence-corrected chi connectivity index (χ2v) is 10.7. The van der Waals surface area contributed by atoms with Crippen LogP contribution < -0.4 is 20.3 Å². The number of hydrogen-bond acceptors (Lipinski definition) is 7. The number of imidazole rings is 1. The Labute approximate surface area is 213 Å². The number of methoxy groups -OCH3 is 1. The Kier molecular flexibility index (Phi) is 6.91. The van der Waals surface area contributed by atoms with Gasteiger partial charge in [-0.3, -0.25) is 4.79 Å². The van der Waals surface area contributed by atoms with Gasteiger partial charge >= 0.3 is 0 Å². The maximum Gasteiger partial charge on any atom is 0.244 e. The quantitative estimate of drug-likeness (QED) is 0.330. The highest BCUT2D eigenvalue weighted by Gasteiger charge is 2.23. The summed E-state index contributed by atoms with van der Waals surface area (Å²) in [7, 11) is 3.47. The van der Waals surface area contributed by atoms with Crippen LogP contribution in [-0.2, 0) is 4.79 Å². The fourth-order valence-electron chi connectivity index (χ4n) is 3.50. The van der Waals surface area contributed by atoms with Crippen molar-refractivity contribution in [2.24, 2.45) is 0 Å². The molecule has 4 rings (SSSR count). The minimum Gasteiger partial charge on any atom is -0.497 e. The lowest BCUT2D eigenvalue weighted by Gasteiger charge is -2.22. The van der Waals surface area contributed by atoms with E-state index in [1.54, 1.807) is 22.6 Å². The fraction of sp³-hybridized carbons (Fsp3) is 0.320. The number of nitrogens with zero attached hydrogens (tertiary/aromatic N) is 4. The molecule has 0 fully saturated rings. The van der Waals surface area contributed by atoms with Gasteiger partial charge in [0.25, 0.3) is 0 Å². The monoisotopic (exact) mass is 512 g/mol.